The van der Waals surface area contributed by atoms with E-state index in [1.54, 1.807) is 24.3 Å². The Bertz CT molecular complexity index is 1020. The van der Waals surface area contributed by atoms with Crippen molar-refractivity contribution < 1.29 is 16.8 Å². The number of hydrogen-bond acceptors (Lipinski definition) is 5. The molecule has 11 heteroatoms. The molecule has 1 aliphatic rings. The van der Waals surface area contributed by atoms with Gasteiger partial charge in [-0.25, -0.2) is 22.0 Å². The van der Waals surface area contributed by atoms with E-state index in [1.807, 2.05) is 0 Å². The van der Waals surface area contributed by atoms with Gasteiger partial charge in [-0.2, -0.15) is 4.72 Å². The van der Waals surface area contributed by atoms with E-state index in [2.05, 4.69) is 10.0 Å². The van der Waals surface area contributed by atoms with Crippen LogP contribution in [0, 0.1) is 0 Å². The van der Waals surface area contributed by atoms with Crippen LogP contribution in [0.3, 0.4) is 0 Å². The summed E-state index contributed by atoms with van der Waals surface area (Å²) in [5.74, 6) is 0. The predicted octanol–water partition coefficient (Wildman–Crippen LogP) is 2.04. The lowest BCUT2D eigenvalue weighted by atomic mass is 10.1. The molecule has 4 N–H and O–H groups in total. The number of benzene rings is 2. The van der Waals surface area contributed by atoms with Gasteiger partial charge in [0.2, 0.25) is 20.0 Å². The van der Waals surface area contributed by atoms with Crippen molar-refractivity contribution in [3.63, 3.8) is 0 Å². The number of nitrogens with one attached hydrogen (secondary N) is 2. The fourth-order valence-corrected chi connectivity index (χ4v) is 4.91. The lowest BCUT2D eigenvalue weighted by molar-refractivity contribution is 0.562. The largest absolute Gasteiger partial charge is 0.364 e. The topological polar surface area (TPSA) is 118 Å². The van der Waals surface area contributed by atoms with Gasteiger partial charge in [-0.05, 0) is 29.8 Å². The minimum atomic E-state index is -4.15. The molecule has 0 unspecified atom stereocenters. The van der Waals surface area contributed by atoms with Gasteiger partial charge in [0, 0.05) is 5.02 Å². The van der Waals surface area contributed by atoms with E-state index in [0.29, 0.717) is 10.6 Å². The molecule has 1 aliphatic heterocycles. The molecule has 3 rings (SSSR count). The fourth-order valence-electron chi connectivity index (χ4n) is 2.30. The quantitative estimate of drug-likeness (QED) is 0.703. The monoisotopic (exact) mass is 407 g/mol. The molecule has 0 aliphatic carbocycles. The highest BCUT2D eigenvalue weighted by Crippen LogP contribution is 2.36. The standard InChI is InChI=1S/C13H11Cl2N3O4S2/c14-8-3-1-7(2-4-8)13-17-10-5-9(15)11(23(16,19)20)6-12(10)24(21,22)18-13/h1-6,13,17-18H,(H2,16,19,20)/t13-/m1/s1. The van der Waals surface area contributed by atoms with Crippen LogP contribution in [0.25, 0.3) is 0 Å². The maximum absolute atomic E-state index is 12.5. The maximum Gasteiger partial charge on any atom is 0.244 e. The Labute approximate surface area is 148 Å². The summed E-state index contributed by atoms with van der Waals surface area (Å²) in [6, 6.07) is 8.72. The van der Waals surface area contributed by atoms with Gasteiger partial charge in [-0.1, -0.05) is 35.3 Å². The van der Waals surface area contributed by atoms with Crippen molar-refractivity contribution >= 4 is 48.9 Å². The first-order chi connectivity index (χ1) is 11.1. The van der Waals surface area contributed by atoms with Crippen molar-refractivity contribution in [1.82, 2.24) is 4.72 Å². The van der Waals surface area contributed by atoms with Crippen molar-refractivity contribution in [1.29, 1.82) is 0 Å². The van der Waals surface area contributed by atoms with Crippen molar-refractivity contribution in [2.75, 3.05) is 5.32 Å². The SMILES string of the molecule is NS(=O)(=O)c1cc2c(cc1Cl)N[C@@H](c1ccc(Cl)cc1)NS2(=O)=O. The molecule has 0 saturated heterocycles. The van der Waals surface area contributed by atoms with E-state index < -0.39 is 31.1 Å². The molecular weight excluding hydrogens is 397 g/mol. The fraction of sp³-hybridized carbons (Fsp3) is 0.0769. The highest BCUT2D eigenvalue weighted by Gasteiger charge is 2.32. The molecule has 1 atom stereocenters. The Kier molecular flexibility index (Phi) is 4.27. The number of rotatable bonds is 2. The second-order valence-corrected chi connectivity index (χ2v) is 9.13. The van der Waals surface area contributed by atoms with Crippen LogP contribution < -0.4 is 15.2 Å². The van der Waals surface area contributed by atoms with Crippen molar-refractivity contribution in [3.8, 4) is 0 Å². The molecule has 0 saturated carbocycles. The average Bonchev–Trinajstić information content (AvgIpc) is 2.45. The van der Waals surface area contributed by atoms with E-state index in [9.17, 15) is 16.8 Å². The van der Waals surface area contributed by atoms with Gasteiger partial charge >= 0.3 is 0 Å². The normalized spacial score (nSPS) is 19.4. The molecule has 0 fully saturated rings. The molecule has 0 spiro atoms. The van der Waals surface area contributed by atoms with Crippen LogP contribution in [0.2, 0.25) is 10.0 Å². The number of hydrogen-bond donors (Lipinski definition) is 3. The molecule has 24 heavy (non-hydrogen) atoms. The number of sulfonamides is 2. The number of anilines is 1. The van der Waals surface area contributed by atoms with Gasteiger partial charge in [0.05, 0.1) is 10.7 Å². The van der Waals surface area contributed by atoms with E-state index >= 15 is 0 Å². The molecule has 0 aromatic heterocycles. The van der Waals surface area contributed by atoms with Crippen LogP contribution in [0.5, 0.6) is 0 Å². The summed E-state index contributed by atoms with van der Waals surface area (Å²) in [4.78, 5) is -0.707. The number of primary sulfonamides is 1. The first-order valence-electron chi connectivity index (χ1n) is 6.48. The summed E-state index contributed by atoms with van der Waals surface area (Å²) >= 11 is 11.7. The predicted molar refractivity (Wildman–Crippen MR) is 91.0 cm³/mol. The smallest absolute Gasteiger partial charge is 0.244 e. The maximum atomic E-state index is 12.5. The Morgan fingerprint density at radius 3 is 2.29 bits per heavy atom. The van der Waals surface area contributed by atoms with Gasteiger partial charge in [-0.15, -0.1) is 0 Å². The summed E-state index contributed by atoms with van der Waals surface area (Å²) < 4.78 is 50.4. The minimum Gasteiger partial charge on any atom is -0.364 e. The summed E-state index contributed by atoms with van der Waals surface area (Å²) in [5.41, 5.74) is 0.798. The van der Waals surface area contributed by atoms with E-state index in [-0.39, 0.29) is 15.6 Å². The van der Waals surface area contributed by atoms with Crippen LogP contribution in [0.1, 0.15) is 11.7 Å². The molecule has 2 aromatic rings. The average molecular weight is 408 g/mol. The van der Waals surface area contributed by atoms with Gasteiger partial charge in [0.25, 0.3) is 0 Å². The molecule has 7 nitrogen and oxygen atoms in total. The van der Waals surface area contributed by atoms with Crippen molar-refractivity contribution in [2.24, 2.45) is 5.14 Å². The minimum absolute atomic E-state index is 0.171. The Hall–Kier alpha value is -1.36. The third-order valence-corrected chi connectivity index (χ3v) is 6.50. The molecule has 0 radical (unpaired) electrons. The Morgan fingerprint density at radius 2 is 1.71 bits per heavy atom. The number of halogens is 2. The first-order valence-corrected chi connectivity index (χ1v) is 10.3. The zero-order chi connectivity index (χ0) is 17.7. The summed E-state index contributed by atoms with van der Waals surface area (Å²) in [7, 11) is -8.13. The zero-order valence-corrected chi connectivity index (χ0v) is 15.0. The molecule has 128 valence electrons. The van der Waals surface area contributed by atoms with Crippen LogP contribution >= 0.6 is 23.2 Å². The molecule has 0 amide bonds. The third kappa shape index (κ3) is 3.23. The van der Waals surface area contributed by atoms with Crippen LogP contribution in [-0.4, -0.2) is 16.8 Å². The highest BCUT2D eigenvalue weighted by molar-refractivity contribution is 7.90. The summed E-state index contributed by atoms with van der Waals surface area (Å²) in [6.07, 6.45) is -0.754. The molecule has 0 bridgehead atoms. The first kappa shape index (κ1) is 17.5. The molecule has 2 aromatic carbocycles. The Morgan fingerprint density at radius 1 is 1.08 bits per heavy atom. The lowest BCUT2D eigenvalue weighted by Gasteiger charge is -2.28. The van der Waals surface area contributed by atoms with Gasteiger partial charge < -0.3 is 5.32 Å². The second-order valence-electron chi connectivity index (χ2n) is 5.07. The number of fused-ring (bicyclic) bond motifs is 1. The van der Waals surface area contributed by atoms with E-state index in [4.69, 9.17) is 28.3 Å². The Balaban J connectivity index is 2.12. The number of nitrogens with two attached hydrogens (primary N) is 1. The lowest BCUT2D eigenvalue weighted by Crippen LogP contribution is -2.38. The third-order valence-electron chi connectivity index (χ3n) is 3.41. The van der Waals surface area contributed by atoms with Crippen molar-refractivity contribution in [3.05, 3.63) is 52.0 Å². The highest BCUT2D eigenvalue weighted by atomic mass is 35.5. The summed E-state index contributed by atoms with van der Waals surface area (Å²) in [6.45, 7) is 0. The van der Waals surface area contributed by atoms with Gasteiger partial charge in [0.15, 0.2) is 0 Å². The second kappa shape index (κ2) is 5.87. The molecular formula is C13H11Cl2N3O4S2. The molecule has 1 heterocycles. The van der Waals surface area contributed by atoms with Crippen LogP contribution in [0.4, 0.5) is 5.69 Å². The van der Waals surface area contributed by atoms with Crippen LogP contribution in [0.15, 0.2) is 46.2 Å². The zero-order valence-electron chi connectivity index (χ0n) is 11.8. The van der Waals surface area contributed by atoms with E-state index in [0.717, 1.165) is 6.07 Å². The van der Waals surface area contributed by atoms with Crippen molar-refractivity contribution in [2.45, 2.75) is 16.0 Å². The van der Waals surface area contributed by atoms with Gasteiger partial charge in [0.1, 0.15) is 16.0 Å². The van der Waals surface area contributed by atoms with Crippen LogP contribution in [-0.2, 0) is 20.0 Å². The summed E-state index contributed by atoms with van der Waals surface area (Å²) in [5, 5.41) is 8.35. The van der Waals surface area contributed by atoms with Gasteiger partial charge in [-0.3, -0.25) is 0 Å². The van der Waals surface area contributed by atoms with E-state index in [1.165, 1.54) is 6.07 Å².